The van der Waals surface area contributed by atoms with Gasteiger partial charge in [0.05, 0.1) is 41.2 Å². The van der Waals surface area contributed by atoms with Gasteiger partial charge < -0.3 is 19.8 Å². The number of rotatable bonds is 3. The molecule has 6 nitrogen and oxygen atoms in total. The van der Waals surface area contributed by atoms with Crippen molar-refractivity contribution in [3.05, 3.63) is 39.6 Å². The Bertz CT molecular complexity index is 794. The number of esters is 1. The van der Waals surface area contributed by atoms with Crippen LogP contribution in [-0.2, 0) is 4.74 Å². The van der Waals surface area contributed by atoms with Crippen molar-refractivity contribution in [3.8, 4) is 17.5 Å². The number of nitrogen functional groups attached to an aromatic ring is 1. The number of aromatic nitrogens is 1. The Morgan fingerprint density at radius 3 is 2.55 bits per heavy atom. The summed E-state index contributed by atoms with van der Waals surface area (Å²) in [5.74, 6) is -0.327. The summed E-state index contributed by atoms with van der Waals surface area (Å²) >= 11 is 12.2. The molecule has 2 aromatic rings. The molecule has 0 aliphatic heterocycles. The zero-order chi connectivity index (χ0) is 16.4. The zero-order valence-corrected chi connectivity index (χ0v) is 13.2. The fourth-order valence-corrected chi connectivity index (χ4v) is 2.52. The summed E-state index contributed by atoms with van der Waals surface area (Å²) in [5.41, 5.74) is 6.37. The van der Waals surface area contributed by atoms with E-state index in [0.717, 1.165) is 0 Å². The average molecular weight is 340 g/mol. The molecule has 8 heteroatoms. The van der Waals surface area contributed by atoms with E-state index in [1.807, 2.05) is 6.07 Å². The highest BCUT2D eigenvalue weighted by Crippen LogP contribution is 2.35. The lowest BCUT2D eigenvalue weighted by Gasteiger charge is -2.12. The molecule has 0 unspecified atom stereocenters. The molecule has 114 valence electrons. The van der Waals surface area contributed by atoms with Crippen LogP contribution in [0.15, 0.2) is 18.3 Å². The van der Waals surface area contributed by atoms with Crippen LogP contribution in [0, 0.1) is 11.3 Å². The number of benzene rings is 1. The van der Waals surface area contributed by atoms with Crippen LogP contribution in [0.2, 0.25) is 10.0 Å². The lowest BCUT2D eigenvalue weighted by molar-refractivity contribution is 0.0593. The van der Waals surface area contributed by atoms with E-state index in [1.54, 1.807) is 0 Å². The second kappa shape index (κ2) is 6.18. The van der Waals surface area contributed by atoms with Gasteiger partial charge in [0.25, 0.3) is 0 Å². The van der Waals surface area contributed by atoms with Gasteiger partial charge in [-0.1, -0.05) is 23.2 Å². The van der Waals surface area contributed by atoms with Crippen molar-refractivity contribution in [2.75, 3.05) is 20.0 Å². The Hall–Kier alpha value is -2.36. The third-order valence-electron chi connectivity index (χ3n) is 3.02. The Balaban J connectivity index is 2.78. The van der Waals surface area contributed by atoms with Crippen molar-refractivity contribution in [1.29, 1.82) is 5.26 Å². The van der Waals surface area contributed by atoms with Gasteiger partial charge in [0.2, 0.25) is 0 Å². The summed E-state index contributed by atoms with van der Waals surface area (Å²) in [4.78, 5) is 12.0. The molecule has 0 spiro atoms. The van der Waals surface area contributed by atoms with Crippen LogP contribution < -0.4 is 10.5 Å². The van der Waals surface area contributed by atoms with E-state index >= 15 is 0 Å². The smallest absolute Gasteiger partial charge is 0.357 e. The van der Waals surface area contributed by atoms with Crippen LogP contribution in [0.3, 0.4) is 0 Å². The predicted molar refractivity (Wildman–Crippen MR) is 82.8 cm³/mol. The number of anilines is 1. The molecule has 0 radical (unpaired) electrons. The Kier molecular flexibility index (Phi) is 4.50. The summed E-state index contributed by atoms with van der Waals surface area (Å²) in [5, 5.41) is 9.67. The molecule has 1 heterocycles. The van der Waals surface area contributed by atoms with Gasteiger partial charge in [-0.05, 0) is 6.07 Å². The fraction of sp³-hybridized carbons (Fsp3) is 0.143. The molecule has 2 N–H and O–H groups in total. The van der Waals surface area contributed by atoms with Crippen LogP contribution in [-0.4, -0.2) is 24.8 Å². The quantitative estimate of drug-likeness (QED) is 0.868. The number of methoxy groups -OCH3 is 2. The van der Waals surface area contributed by atoms with Crippen LogP contribution in [0.4, 0.5) is 5.69 Å². The van der Waals surface area contributed by atoms with Gasteiger partial charge in [0.15, 0.2) is 5.69 Å². The lowest BCUT2D eigenvalue weighted by atomic mass is 10.2. The minimum absolute atomic E-state index is 0.00493. The normalized spacial score (nSPS) is 10.1. The van der Waals surface area contributed by atoms with Crippen LogP contribution in [0.5, 0.6) is 5.75 Å². The summed E-state index contributed by atoms with van der Waals surface area (Å²) in [7, 11) is 2.67. The molecule has 1 aromatic heterocycles. The van der Waals surface area contributed by atoms with Crippen molar-refractivity contribution in [2.45, 2.75) is 0 Å². The maximum atomic E-state index is 12.0. The first-order valence-corrected chi connectivity index (χ1v) is 6.72. The molecule has 0 amide bonds. The Morgan fingerprint density at radius 2 is 2.00 bits per heavy atom. The van der Waals surface area contributed by atoms with Crippen molar-refractivity contribution in [1.82, 2.24) is 4.57 Å². The monoisotopic (exact) mass is 339 g/mol. The molecule has 2 rings (SSSR count). The van der Waals surface area contributed by atoms with Crippen molar-refractivity contribution in [3.63, 3.8) is 0 Å². The number of carbonyl (C=O) groups is 1. The number of nitrogens with two attached hydrogens (primary N) is 1. The number of nitrogens with zero attached hydrogens (tertiary/aromatic N) is 2. The Labute approximate surface area is 136 Å². The minimum Gasteiger partial charge on any atom is -0.495 e. The maximum absolute atomic E-state index is 12.0. The fourth-order valence-electron chi connectivity index (χ4n) is 1.96. The molecule has 0 fully saturated rings. The first kappa shape index (κ1) is 16.0. The highest BCUT2D eigenvalue weighted by Gasteiger charge is 2.23. The minimum atomic E-state index is -0.691. The highest BCUT2D eigenvalue weighted by molar-refractivity contribution is 6.36. The largest absolute Gasteiger partial charge is 0.495 e. The number of halogens is 2. The summed E-state index contributed by atoms with van der Waals surface area (Å²) in [6.45, 7) is 0. The number of ether oxygens (including phenoxy) is 2. The molecule has 0 bridgehead atoms. The van der Waals surface area contributed by atoms with Crippen LogP contribution >= 0.6 is 23.2 Å². The molecular formula is C14H11Cl2N3O3. The molecule has 0 saturated heterocycles. The van der Waals surface area contributed by atoms with Gasteiger partial charge in [-0.3, -0.25) is 0 Å². The number of hydrogen-bond acceptors (Lipinski definition) is 5. The summed E-state index contributed by atoms with van der Waals surface area (Å²) < 4.78 is 11.2. The topological polar surface area (TPSA) is 90.3 Å². The van der Waals surface area contributed by atoms with Gasteiger partial charge in [-0.25, -0.2) is 4.79 Å². The molecule has 22 heavy (non-hydrogen) atoms. The van der Waals surface area contributed by atoms with E-state index in [-0.39, 0.29) is 22.0 Å². The number of carbonyl (C=O) groups excluding carboxylic acids is 1. The SMILES string of the molecule is COC(=O)c1c(N)c(C#N)cn1-c1cc(OC)c(Cl)cc1Cl. The highest BCUT2D eigenvalue weighted by atomic mass is 35.5. The standard InChI is InChI=1S/C14H11Cl2N3O3/c1-21-11-4-10(8(15)3-9(11)16)19-6-7(5-17)12(18)13(19)14(20)22-2/h3-4,6H,18H2,1-2H3. The van der Waals surface area contributed by atoms with E-state index in [2.05, 4.69) is 0 Å². The van der Waals surface area contributed by atoms with E-state index in [9.17, 15) is 4.79 Å². The molecule has 1 aromatic carbocycles. The van der Waals surface area contributed by atoms with Crippen LogP contribution in [0.25, 0.3) is 5.69 Å². The second-order valence-electron chi connectivity index (χ2n) is 4.22. The van der Waals surface area contributed by atoms with Gasteiger partial charge in [0, 0.05) is 12.3 Å². The van der Waals surface area contributed by atoms with E-state index in [4.69, 9.17) is 43.7 Å². The second-order valence-corrected chi connectivity index (χ2v) is 5.03. The van der Waals surface area contributed by atoms with Crippen molar-refractivity contribution in [2.24, 2.45) is 0 Å². The van der Waals surface area contributed by atoms with Gasteiger partial charge in [0.1, 0.15) is 11.8 Å². The molecule has 0 atom stereocenters. The van der Waals surface area contributed by atoms with Crippen molar-refractivity contribution >= 4 is 34.9 Å². The number of hydrogen-bond donors (Lipinski definition) is 1. The summed E-state index contributed by atoms with van der Waals surface area (Å²) in [6, 6.07) is 4.92. The third-order valence-corrected chi connectivity index (χ3v) is 3.62. The molecule has 0 saturated carbocycles. The average Bonchev–Trinajstić information content (AvgIpc) is 2.83. The Morgan fingerprint density at radius 1 is 1.32 bits per heavy atom. The van der Waals surface area contributed by atoms with Gasteiger partial charge in [-0.2, -0.15) is 5.26 Å². The first-order valence-electron chi connectivity index (χ1n) is 5.97. The third kappa shape index (κ3) is 2.56. The maximum Gasteiger partial charge on any atom is 0.357 e. The summed E-state index contributed by atoms with van der Waals surface area (Å²) in [6.07, 6.45) is 1.40. The van der Waals surface area contributed by atoms with E-state index in [1.165, 1.54) is 37.1 Å². The molecule has 0 aliphatic carbocycles. The molecular weight excluding hydrogens is 329 g/mol. The first-order chi connectivity index (χ1) is 10.4. The van der Waals surface area contributed by atoms with Gasteiger partial charge >= 0.3 is 5.97 Å². The van der Waals surface area contributed by atoms with E-state index in [0.29, 0.717) is 16.5 Å². The predicted octanol–water partition coefficient (Wildman–Crippen LogP) is 3.03. The van der Waals surface area contributed by atoms with Crippen molar-refractivity contribution < 1.29 is 14.3 Å². The zero-order valence-electron chi connectivity index (χ0n) is 11.7. The van der Waals surface area contributed by atoms with Gasteiger partial charge in [-0.15, -0.1) is 0 Å². The molecule has 0 aliphatic rings. The number of nitriles is 1. The van der Waals surface area contributed by atoms with Crippen LogP contribution in [0.1, 0.15) is 16.1 Å². The lowest BCUT2D eigenvalue weighted by Crippen LogP contribution is -2.11. The van der Waals surface area contributed by atoms with E-state index < -0.39 is 5.97 Å².